The van der Waals surface area contributed by atoms with Crippen LogP contribution < -0.4 is 4.90 Å². The summed E-state index contributed by atoms with van der Waals surface area (Å²) in [6.07, 6.45) is 1.11. The van der Waals surface area contributed by atoms with Crippen molar-refractivity contribution < 1.29 is 5.11 Å². The zero-order valence-electron chi connectivity index (χ0n) is 11.1. The van der Waals surface area contributed by atoms with Gasteiger partial charge in [-0.25, -0.2) is 0 Å². The maximum absolute atomic E-state index is 9.62. The SMILES string of the molecule is Cc1ccc(Cl)cc1N1CCCN(C)CC1CO. The second-order valence-electron chi connectivity index (χ2n) is 5.08. The summed E-state index contributed by atoms with van der Waals surface area (Å²) >= 11 is 6.10. The molecule has 1 heterocycles. The Morgan fingerprint density at radius 1 is 1.39 bits per heavy atom. The highest BCUT2D eigenvalue weighted by atomic mass is 35.5. The minimum Gasteiger partial charge on any atom is -0.394 e. The lowest BCUT2D eigenvalue weighted by atomic mass is 10.1. The van der Waals surface area contributed by atoms with Crippen LogP contribution in [0, 0.1) is 6.92 Å². The van der Waals surface area contributed by atoms with E-state index in [9.17, 15) is 5.11 Å². The predicted octanol–water partition coefficient (Wildman–Crippen LogP) is 2.15. The molecule has 1 aromatic rings. The van der Waals surface area contributed by atoms with E-state index in [0.717, 1.165) is 36.8 Å². The Bertz CT molecular complexity index is 411. The zero-order valence-corrected chi connectivity index (χ0v) is 11.8. The van der Waals surface area contributed by atoms with E-state index >= 15 is 0 Å². The summed E-state index contributed by atoms with van der Waals surface area (Å²) in [6, 6.07) is 6.11. The first-order valence-corrected chi connectivity index (χ1v) is 6.82. The number of benzene rings is 1. The highest BCUT2D eigenvalue weighted by molar-refractivity contribution is 6.30. The number of nitrogens with zero attached hydrogens (tertiary/aromatic N) is 2. The highest BCUT2D eigenvalue weighted by Crippen LogP contribution is 2.27. The molecule has 0 bridgehead atoms. The van der Waals surface area contributed by atoms with E-state index in [1.807, 2.05) is 18.2 Å². The third-order valence-corrected chi connectivity index (χ3v) is 3.83. The lowest BCUT2D eigenvalue weighted by molar-refractivity contribution is 0.229. The number of anilines is 1. The van der Waals surface area contributed by atoms with E-state index in [2.05, 4.69) is 23.8 Å². The van der Waals surface area contributed by atoms with Crippen LogP contribution in [0.1, 0.15) is 12.0 Å². The second kappa shape index (κ2) is 5.91. The van der Waals surface area contributed by atoms with Gasteiger partial charge < -0.3 is 14.9 Å². The summed E-state index contributed by atoms with van der Waals surface area (Å²) in [5.41, 5.74) is 2.36. The van der Waals surface area contributed by atoms with Gasteiger partial charge >= 0.3 is 0 Å². The van der Waals surface area contributed by atoms with Crippen molar-refractivity contribution in [3.8, 4) is 0 Å². The van der Waals surface area contributed by atoms with Crippen LogP contribution in [-0.4, -0.2) is 49.3 Å². The van der Waals surface area contributed by atoms with Crippen LogP contribution in [0.25, 0.3) is 0 Å². The molecule has 0 aliphatic carbocycles. The number of aliphatic hydroxyl groups excluding tert-OH is 1. The number of hydrogen-bond acceptors (Lipinski definition) is 3. The van der Waals surface area contributed by atoms with Crippen LogP contribution in [0.4, 0.5) is 5.69 Å². The Morgan fingerprint density at radius 3 is 2.89 bits per heavy atom. The van der Waals surface area contributed by atoms with Crippen LogP contribution in [0.5, 0.6) is 0 Å². The average molecular weight is 269 g/mol. The van der Waals surface area contributed by atoms with E-state index in [1.165, 1.54) is 5.56 Å². The minimum absolute atomic E-state index is 0.148. The summed E-state index contributed by atoms with van der Waals surface area (Å²) in [4.78, 5) is 4.57. The van der Waals surface area contributed by atoms with Gasteiger partial charge in [0, 0.05) is 23.8 Å². The van der Waals surface area contributed by atoms with Crippen molar-refractivity contribution in [3.05, 3.63) is 28.8 Å². The molecule has 1 N–H and O–H groups in total. The van der Waals surface area contributed by atoms with Gasteiger partial charge in [0.15, 0.2) is 0 Å². The number of rotatable bonds is 2. The monoisotopic (exact) mass is 268 g/mol. The Labute approximate surface area is 114 Å². The van der Waals surface area contributed by atoms with Crippen molar-refractivity contribution in [1.82, 2.24) is 4.90 Å². The molecule has 0 spiro atoms. The molecule has 1 aliphatic heterocycles. The third-order valence-electron chi connectivity index (χ3n) is 3.59. The van der Waals surface area contributed by atoms with Crippen LogP contribution in [0.2, 0.25) is 5.02 Å². The van der Waals surface area contributed by atoms with Gasteiger partial charge in [0.1, 0.15) is 0 Å². The van der Waals surface area contributed by atoms with Gasteiger partial charge in [-0.3, -0.25) is 0 Å². The summed E-state index contributed by atoms with van der Waals surface area (Å²) in [5.74, 6) is 0. The van der Waals surface area contributed by atoms with E-state index in [-0.39, 0.29) is 12.6 Å². The fraction of sp³-hybridized carbons (Fsp3) is 0.571. The smallest absolute Gasteiger partial charge is 0.0647 e. The normalized spacial score (nSPS) is 22.0. The fourth-order valence-corrected chi connectivity index (χ4v) is 2.77. The van der Waals surface area contributed by atoms with Crippen molar-refractivity contribution in [2.75, 3.05) is 38.2 Å². The molecule has 18 heavy (non-hydrogen) atoms. The van der Waals surface area contributed by atoms with Crippen molar-refractivity contribution in [2.45, 2.75) is 19.4 Å². The number of aliphatic hydroxyl groups is 1. The fourth-order valence-electron chi connectivity index (χ4n) is 2.61. The molecule has 3 nitrogen and oxygen atoms in total. The average Bonchev–Trinajstić information content (AvgIpc) is 2.53. The maximum atomic E-state index is 9.62. The number of likely N-dealkylation sites (N-methyl/N-ethyl adjacent to an activating group) is 1. The molecule has 1 saturated heterocycles. The molecule has 1 fully saturated rings. The topological polar surface area (TPSA) is 26.7 Å². The maximum Gasteiger partial charge on any atom is 0.0647 e. The van der Waals surface area contributed by atoms with Gasteiger partial charge in [-0.15, -0.1) is 0 Å². The van der Waals surface area contributed by atoms with E-state index < -0.39 is 0 Å². The largest absolute Gasteiger partial charge is 0.394 e. The molecule has 1 aromatic carbocycles. The molecule has 1 unspecified atom stereocenters. The molecule has 0 saturated carbocycles. The molecule has 0 radical (unpaired) electrons. The summed E-state index contributed by atoms with van der Waals surface area (Å²) in [7, 11) is 2.11. The lowest BCUT2D eigenvalue weighted by Crippen LogP contribution is -2.43. The first-order valence-electron chi connectivity index (χ1n) is 6.44. The molecule has 0 amide bonds. The third kappa shape index (κ3) is 2.97. The highest BCUT2D eigenvalue weighted by Gasteiger charge is 2.24. The molecule has 4 heteroatoms. The second-order valence-corrected chi connectivity index (χ2v) is 5.51. The Hall–Kier alpha value is -0.770. The first kappa shape index (κ1) is 13.7. The summed E-state index contributed by atoms with van der Waals surface area (Å²) in [6.45, 7) is 5.21. The first-order chi connectivity index (χ1) is 8.61. The molecule has 0 aromatic heterocycles. The van der Waals surface area contributed by atoms with Crippen molar-refractivity contribution in [1.29, 1.82) is 0 Å². The minimum atomic E-state index is 0.148. The van der Waals surface area contributed by atoms with E-state index in [1.54, 1.807) is 0 Å². The van der Waals surface area contributed by atoms with Crippen molar-refractivity contribution in [2.24, 2.45) is 0 Å². The van der Waals surface area contributed by atoms with Gasteiger partial charge in [0.05, 0.1) is 12.6 Å². The van der Waals surface area contributed by atoms with Crippen molar-refractivity contribution >= 4 is 17.3 Å². The number of aryl methyl sites for hydroxylation is 1. The van der Waals surface area contributed by atoms with Crippen molar-refractivity contribution in [3.63, 3.8) is 0 Å². The number of halogens is 1. The van der Waals surface area contributed by atoms with Gasteiger partial charge in [-0.2, -0.15) is 0 Å². The van der Waals surface area contributed by atoms with Gasteiger partial charge in [0.2, 0.25) is 0 Å². The van der Waals surface area contributed by atoms with E-state index in [0.29, 0.717) is 0 Å². The Morgan fingerprint density at radius 2 is 2.17 bits per heavy atom. The van der Waals surface area contributed by atoms with Gasteiger partial charge in [-0.1, -0.05) is 17.7 Å². The molecular weight excluding hydrogens is 248 g/mol. The van der Waals surface area contributed by atoms with E-state index in [4.69, 9.17) is 11.6 Å². The number of hydrogen-bond donors (Lipinski definition) is 1. The molecular formula is C14H21ClN2O. The predicted molar refractivity (Wildman–Crippen MR) is 76.5 cm³/mol. The summed E-state index contributed by atoms with van der Waals surface area (Å²) < 4.78 is 0. The summed E-state index contributed by atoms with van der Waals surface area (Å²) in [5, 5.41) is 10.4. The molecule has 1 atom stereocenters. The molecule has 100 valence electrons. The quantitative estimate of drug-likeness (QED) is 0.890. The molecule has 1 aliphatic rings. The Kier molecular flexibility index (Phi) is 4.49. The Balaban J connectivity index is 2.31. The van der Waals surface area contributed by atoms with Crippen LogP contribution in [0.3, 0.4) is 0 Å². The van der Waals surface area contributed by atoms with Crippen LogP contribution >= 0.6 is 11.6 Å². The van der Waals surface area contributed by atoms with Crippen LogP contribution in [-0.2, 0) is 0 Å². The zero-order chi connectivity index (χ0) is 13.1. The van der Waals surface area contributed by atoms with Gasteiger partial charge in [-0.05, 0) is 44.6 Å². The van der Waals surface area contributed by atoms with Gasteiger partial charge in [0.25, 0.3) is 0 Å². The lowest BCUT2D eigenvalue weighted by Gasteiger charge is -2.32. The molecule has 2 rings (SSSR count). The standard InChI is InChI=1S/C14H21ClN2O/c1-11-4-5-12(15)8-14(11)17-7-3-6-16(2)9-13(17)10-18/h4-5,8,13,18H,3,6-7,9-10H2,1-2H3. The van der Waals surface area contributed by atoms with Crippen LogP contribution in [0.15, 0.2) is 18.2 Å².